The summed E-state index contributed by atoms with van der Waals surface area (Å²) in [5.74, 6) is -1.76. The van der Waals surface area contributed by atoms with Crippen molar-refractivity contribution in [2.75, 3.05) is 11.5 Å². The summed E-state index contributed by atoms with van der Waals surface area (Å²) in [6, 6.07) is -0.727. The van der Waals surface area contributed by atoms with Crippen molar-refractivity contribution in [2.24, 2.45) is 5.73 Å². The maximum Gasteiger partial charge on any atom is 0.321 e. The normalized spacial score (nSPS) is 17.5. The van der Waals surface area contributed by atoms with Crippen molar-refractivity contribution in [1.29, 1.82) is 0 Å². The van der Waals surface area contributed by atoms with Gasteiger partial charge in [-0.2, -0.15) is 0 Å². The van der Waals surface area contributed by atoms with Gasteiger partial charge >= 0.3 is 18.0 Å². The van der Waals surface area contributed by atoms with Crippen molar-refractivity contribution < 1.29 is 33.3 Å². The molecule has 12 heteroatoms. The Morgan fingerprint density at radius 1 is 1.03 bits per heavy atom. The van der Waals surface area contributed by atoms with Crippen LogP contribution in [0.1, 0.15) is 38.8 Å². The zero-order valence-corrected chi connectivity index (χ0v) is 23.2. The number of halogens is 3. The molecular formula is C18H21I3N2O7. The molecule has 1 aromatic rings. The fourth-order valence-corrected chi connectivity index (χ4v) is 7.07. The summed E-state index contributed by atoms with van der Waals surface area (Å²) in [5, 5.41) is 0. The Labute approximate surface area is 215 Å². The number of carbonyl (C=O) groups excluding carboxylic acids is 3. The van der Waals surface area contributed by atoms with Gasteiger partial charge in [0.15, 0.2) is 12.0 Å². The third-order valence-electron chi connectivity index (χ3n) is 4.07. The van der Waals surface area contributed by atoms with Gasteiger partial charge in [0.25, 0.3) is 0 Å². The van der Waals surface area contributed by atoms with Gasteiger partial charge < -0.3 is 24.7 Å². The van der Waals surface area contributed by atoms with E-state index in [1.807, 2.05) is 0 Å². The van der Waals surface area contributed by atoms with E-state index in [0.29, 0.717) is 24.0 Å². The van der Waals surface area contributed by atoms with Crippen LogP contribution >= 0.6 is 67.8 Å². The number of carbonyl (C=O) groups is 3. The molecular weight excluding hydrogens is 737 g/mol. The zero-order chi connectivity index (χ0) is 22.8. The van der Waals surface area contributed by atoms with E-state index in [-0.39, 0.29) is 19.8 Å². The van der Waals surface area contributed by atoms with Crippen molar-refractivity contribution in [3.8, 4) is 0 Å². The van der Waals surface area contributed by atoms with Crippen LogP contribution in [-0.4, -0.2) is 36.6 Å². The van der Waals surface area contributed by atoms with Gasteiger partial charge in [-0.3, -0.25) is 14.5 Å². The highest BCUT2D eigenvalue weighted by atomic mass is 127. The number of amides is 2. The van der Waals surface area contributed by atoms with Crippen LogP contribution < -0.4 is 10.6 Å². The van der Waals surface area contributed by atoms with Crippen LogP contribution in [0.5, 0.6) is 0 Å². The topological polar surface area (TPSA) is 117 Å². The van der Waals surface area contributed by atoms with Crippen molar-refractivity contribution >= 4 is 91.4 Å². The Hall–Kier alpha value is -0.460. The molecule has 1 aromatic carbocycles. The highest BCUT2D eigenvalue weighted by molar-refractivity contribution is 14.1. The summed E-state index contributed by atoms with van der Waals surface area (Å²) < 4.78 is 24.0. The van der Waals surface area contributed by atoms with Crippen LogP contribution in [0.3, 0.4) is 0 Å². The van der Waals surface area contributed by atoms with E-state index in [2.05, 4.69) is 67.8 Å². The Morgan fingerprint density at radius 2 is 1.50 bits per heavy atom. The zero-order valence-electron chi connectivity index (χ0n) is 16.7. The van der Waals surface area contributed by atoms with Crippen LogP contribution in [0.25, 0.3) is 0 Å². The highest BCUT2D eigenvalue weighted by Crippen LogP contribution is 2.40. The Bertz CT molecular complexity index is 831. The monoisotopic (exact) mass is 758 g/mol. The van der Waals surface area contributed by atoms with Gasteiger partial charge in [0, 0.05) is 35.7 Å². The van der Waals surface area contributed by atoms with Crippen LogP contribution in [0.15, 0.2) is 0 Å². The molecule has 1 atom stereocenters. The van der Waals surface area contributed by atoms with Gasteiger partial charge in [0.1, 0.15) is 13.2 Å². The number of esters is 2. The second kappa shape index (κ2) is 10.4. The summed E-state index contributed by atoms with van der Waals surface area (Å²) in [6.07, 6.45) is -0.747. The maximum atomic E-state index is 12.5. The minimum atomic E-state index is -0.875. The molecule has 1 aliphatic heterocycles. The number of anilines is 1. The first-order valence-electron chi connectivity index (χ1n) is 8.71. The molecule has 2 amide bonds. The number of ether oxygens (including phenoxy) is 4. The number of nitrogens with two attached hydrogens (primary N) is 1. The largest absolute Gasteiger partial charge is 0.461 e. The molecule has 9 nitrogen and oxygen atoms in total. The lowest BCUT2D eigenvalue weighted by molar-refractivity contribution is -0.143. The molecule has 30 heavy (non-hydrogen) atoms. The molecule has 0 aromatic heterocycles. The minimum Gasteiger partial charge on any atom is -0.461 e. The van der Waals surface area contributed by atoms with E-state index in [0.717, 1.165) is 3.57 Å². The van der Waals surface area contributed by atoms with E-state index in [4.69, 9.17) is 24.7 Å². The fraction of sp³-hybridized carbons (Fsp3) is 0.500. The van der Waals surface area contributed by atoms with Gasteiger partial charge in [0.05, 0.1) is 12.3 Å². The Kier molecular flexibility index (Phi) is 8.98. The molecule has 1 aliphatic rings. The maximum absolute atomic E-state index is 12.5. The molecule has 0 radical (unpaired) electrons. The molecule has 1 heterocycles. The average molecular weight is 758 g/mol. The van der Waals surface area contributed by atoms with Crippen molar-refractivity contribution in [2.45, 2.75) is 52.9 Å². The van der Waals surface area contributed by atoms with Crippen LogP contribution in [0.2, 0.25) is 0 Å². The van der Waals surface area contributed by atoms with Gasteiger partial charge in [-0.25, -0.2) is 4.79 Å². The second-order valence-corrected chi connectivity index (χ2v) is 10.0. The molecule has 1 unspecified atom stereocenters. The fourth-order valence-electron chi connectivity index (χ4n) is 2.76. The number of hydrogen-bond donors (Lipinski definition) is 1. The third kappa shape index (κ3) is 6.07. The second-order valence-electron chi connectivity index (χ2n) is 6.80. The molecule has 0 saturated carbocycles. The lowest BCUT2D eigenvalue weighted by Gasteiger charge is -2.31. The van der Waals surface area contributed by atoms with Gasteiger partial charge in [0.2, 0.25) is 0 Å². The van der Waals surface area contributed by atoms with E-state index < -0.39 is 30.0 Å². The summed E-state index contributed by atoms with van der Waals surface area (Å²) in [5.41, 5.74) is 7.56. The lowest BCUT2D eigenvalue weighted by Crippen LogP contribution is -2.47. The van der Waals surface area contributed by atoms with Crippen molar-refractivity contribution in [1.82, 2.24) is 0 Å². The van der Waals surface area contributed by atoms with Crippen molar-refractivity contribution in [3.05, 3.63) is 21.8 Å². The van der Waals surface area contributed by atoms with Crippen LogP contribution in [-0.2, 0) is 41.8 Å². The molecule has 2 N–H and O–H groups in total. The number of primary amides is 1. The standard InChI is InChI=1S/C18H21I3N2O7/c1-8(24)27-5-10-13(19)11(6-28-9(2)25)15(21)16(14(10)20)23(17(22)26)12-7-29-18(3,4)30-12/h12H,5-7H2,1-4H3,(H2,22,26). The van der Waals surface area contributed by atoms with Gasteiger partial charge in [-0.15, -0.1) is 0 Å². The van der Waals surface area contributed by atoms with Gasteiger partial charge in [-0.1, -0.05) is 0 Å². The molecule has 1 saturated heterocycles. The summed E-state index contributed by atoms with van der Waals surface area (Å²) in [4.78, 5) is 36.6. The molecule has 1 fully saturated rings. The van der Waals surface area contributed by atoms with Gasteiger partial charge in [-0.05, 0) is 81.6 Å². The first-order chi connectivity index (χ1) is 13.9. The van der Waals surface area contributed by atoms with E-state index in [1.165, 1.54) is 18.7 Å². The smallest absolute Gasteiger partial charge is 0.321 e. The third-order valence-corrected chi connectivity index (χ3v) is 7.70. The first-order valence-corrected chi connectivity index (χ1v) is 11.9. The van der Waals surface area contributed by atoms with E-state index >= 15 is 0 Å². The quantitative estimate of drug-likeness (QED) is 0.348. The number of rotatable bonds is 6. The van der Waals surface area contributed by atoms with Crippen LogP contribution in [0.4, 0.5) is 10.5 Å². The molecule has 0 aliphatic carbocycles. The first kappa shape index (κ1) is 25.8. The predicted molar refractivity (Wildman–Crippen MR) is 132 cm³/mol. The summed E-state index contributed by atoms with van der Waals surface area (Å²) in [6.45, 7) is 6.23. The molecule has 2 rings (SSSR count). The number of nitrogens with zero attached hydrogens (tertiary/aromatic N) is 1. The number of urea groups is 1. The summed E-state index contributed by atoms with van der Waals surface area (Å²) >= 11 is 6.29. The lowest BCUT2D eigenvalue weighted by atomic mass is 10.1. The average Bonchev–Trinajstić information content (AvgIpc) is 2.96. The van der Waals surface area contributed by atoms with Crippen molar-refractivity contribution in [3.63, 3.8) is 0 Å². The number of hydrogen-bond acceptors (Lipinski definition) is 7. The van der Waals surface area contributed by atoms with E-state index in [9.17, 15) is 14.4 Å². The molecule has 166 valence electrons. The molecule has 0 spiro atoms. The van der Waals surface area contributed by atoms with Crippen LogP contribution in [0, 0.1) is 10.7 Å². The van der Waals surface area contributed by atoms with E-state index in [1.54, 1.807) is 13.8 Å². The number of benzene rings is 1. The SMILES string of the molecule is CC(=O)OCc1c(I)c(COC(C)=O)c(I)c(N(C(N)=O)C2COC(C)(C)O2)c1I. The predicted octanol–water partition coefficient (Wildman–Crippen LogP) is 3.62. The molecule has 0 bridgehead atoms. The highest BCUT2D eigenvalue weighted by Gasteiger charge is 2.40. The Morgan fingerprint density at radius 3 is 1.83 bits per heavy atom. The summed E-state index contributed by atoms with van der Waals surface area (Å²) in [7, 11) is 0. The Balaban J connectivity index is 2.66. The minimum absolute atomic E-state index is 0.0109.